The summed E-state index contributed by atoms with van der Waals surface area (Å²) in [5, 5.41) is 3.00. The van der Waals surface area contributed by atoms with Crippen LogP contribution in [-0.4, -0.2) is 38.5 Å². The van der Waals surface area contributed by atoms with Crippen LogP contribution >= 0.6 is 0 Å². The summed E-state index contributed by atoms with van der Waals surface area (Å²) < 4.78 is 15.2. The average Bonchev–Trinajstić information content (AvgIpc) is 3.45. The molecular formula is C22H25FN6O2. The first-order valence-electron chi connectivity index (χ1n) is 10.4. The number of carbonyl (C=O) groups is 1. The van der Waals surface area contributed by atoms with Crippen LogP contribution in [0.2, 0.25) is 0 Å². The lowest BCUT2D eigenvalue weighted by atomic mass is 10.0. The molecule has 2 aromatic heterocycles. The summed E-state index contributed by atoms with van der Waals surface area (Å²) in [5.74, 6) is -0.102. The van der Waals surface area contributed by atoms with Crippen LogP contribution < -0.4 is 15.8 Å². The van der Waals surface area contributed by atoms with E-state index in [1.165, 1.54) is 24.4 Å². The van der Waals surface area contributed by atoms with Crippen LogP contribution in [0.4, 0.5) is 10.3 Å². The van der Waals surface area contributed by atoms with Crippen molar-refractivity contribution in [3.05, 3.63) is 76.0 Å². The van der Waals surface area contributed by atoms with Crippen LogP contribution in [0.25, 0.3) is 0 Å². The average molecular weight is 424 g/mol. The Morgan fingerprint density at radius 3 is 2.71 bits per heavy atom. The number of amides is 1. The molecule has 4 rings (SSSR count). The SMILES string of the molecule is CCn1cncc1C(=O)N[C@H](Cc1cc(=O)[nH]c(N2CCCC2)n1)c1ccc(F)cc1. The lowest BCUT2D eigenvalue weighted by Crippen LogP contribution is -2.32. The molecule has 1 aliphatic rings. The van der Waals surface area contributed by atoms with E-state index in [0.29, 0.717) is 30.3 Å². The second-order valence-electron chi connectivity index (χ2n) is 7.60. The number of nitrogens with one attached hydrogen (secondary N) is 2. The number of benzene rings is 1. The molecule has 3 aromatic rings. The lowest BCUT2D eigenvalue weighted by molar-refractivity contribution is 0.0927. The Labute approximate surface area is 179 Å². The zero-order valence-corrected chi connectivity index (χ0v) is 17.3. The summed E-state index contributed by atoms with van der Waals surface area (Å²) in [5.41, 5.74) is 1.48. The third-order valence-corrected chi connectivity index (χ3v) is 5.46. The molecule has 1 aromatic carbocycles. The lowest BCUT2D eigenvalue weighted by Gasteiger charge is -2.21. The summed E-state index contributed by atoms with van der Waals surface area (Å²) in [4.78, 5) is 38.7. The fourth-order valence-corrected chi connectivity index (χ4v) is 3.83. The number of aryl methyl sites for hydroxylation is 1. The largest absolute Gasteiger partial charge is 0.344 e. The second-order valence-corrected chi connectivity index (χ2v) is 7.60. The van der Waals surface area contributed by atoms with Gasteiger partial charge in [-0.2, -0.15) is 0 Å². The molecule has 1 amide bonds. The standard InChI is InChI=1S/C22H25FN6O2/c1-2-28-14-24-13-19(28)21(31)26-18(15-5-7-16(23)8-6-15)11-17-12-20(30)27-22(25-17)29-9-3-4-10-29/h5-8,12-14,18H,2-4,9-11H2,1H3,(H,26,31)(H,25,27,30)/t18-/m1/s1. The Hall–Kier alpha value is -3.49. The van der Waals surface area contributed by atoms with Gasteiger partial charge in [0.1, 0.15) is 11.5 Å². The molecule has 0 saturated carbocycles. The van der Waals surface area contributed by atoms with Crippen molar-refractivity contribution in [2.75, 3.05) is 18.0 Å². The molecule has 2 N–H and O–H groups in total. The highest BCUT2D eigenvalue weighted by Crippen LogP contribution is 2.21. The Morgan fingerprint density at radius 1 is 1.26 bits per heavy atom. The van der Waals surface area contributed by atoms with Crippen molar-refractivity contribution in [2.24, 2.45) is 0 Å². The molecule has 162 valence electrons. The minimum absolute atomic E-state index is 0.236. The monoisotopic (exact) mass is 424 g/mol. The van der Waals surface area contributed by atoms with E-state index in [4.69, 9.17) is 0 Å². The molecule has 8 nitrogen and oxygen atoms in total. The van der Waals surface area contributed by atoms with E-state index >= 15 is 0 Å². The van der Waals surface area contributed by atoms with E-state index in [9.17, 15) is 14.0 Å². The zero-order valence-electron chi connectivity index (χ0n) is 17.3. The van der Waals surface area contributed by atoms with Gasteiger partial charge < -0.3 is 14.8 Å². The molecule has 0 radical (unpaired) electrons. The minimum Gasteiger partial charge on any atom is -0.344 e. The maximum Gasteiger partial charge on any atom is 0.270 e. The van der Waals surface area contributed by atoms with Crippen molar-refractivity contribution in [3.8, 4) is 0 Å². The first-order chi connectivity index (χ1) is 15.0. The summed E-state index contributed by atoms with van der Waals surface area (Å²) in [6, 6.07) is 6.92. The molecule has 0 bridgehead atoms. The first-order valence-corrected chi connectivity index (χ1v) is 10.4. The highest BCUT2D eigenvalue weighted by Gasteiger charge is 2.21. The minimum atomic E-state index is -0.492. The zero-order chi connectivity index (χ0) is 21.8. The molecule has 31 heavy (non-hydrogen) atoms. The van der Waals surface area contributed by atoms with Crippen LogP contribution in [0.1, 0.15) is 47.6 Å². The Morgan fingerprint density at radius 2 is 2.00 bits per heavy atom. The van der Waals surface area contributed by atoms with Crippen LogP contribution in [0.5, 0.6) is 0 Å². The molecule has 0 unspecified atom stereocenters. The third-order valence-electron chi connectivity index (χ3n) is 5.46. The molecule has 0 spiro atoms. The topological polar surface area (TPSA) is 95.9 Å². The van der Waals surface area contributed by atoms with E-state index in [-0.39, 0.29) is 17.3 Å². The van der Waals surface area contributed by atoms with E-state index < -0.39 is 6.04 Å². The van der Waals surface area contributed by atoms with Gasteiger partial charge in [0.05, 0.1) is 24.3 Å². The number of carbonyl (C=O) groups excluding carboxylic acids is 1. The maximum atomic E-state index is 13.5. The Kier molecular flexibility index (Phi) is 6.11. The number of aromatic amines is 1. The van der Waals surface area contributed by atoms with Gasteiger partial charge in [0, 0.05) is 32.1 Å². The number of halogens is 1. The number of hydrogen-bond acceptors (Lipinski definition) is 5. The highest BCUT2D eigenvalue weighted by atomic mass is 19.1. The Balaban J connectivity index is 1.62. The summed E-state index contributed by atoms with van der Waals surface area (Å²) in [6.45, 7) is 4.24. The number of aromatic nitrogens is 4. The number of imidazole rings is 1. The number of nitrogens with zero attached hydrogens (tertiary/aromatic N) is 4. The van der Waals surface area contributed by atoms with E-state index in [1.54, 1.807) is 23.0 Å². The van der Waals surface area contributed by atoms with Gasteiger partial charge in [0.2, 0.25) is 5.95 Å². The molecule has 1 aliphatic heterocycles. The molecule has 3 heterocycles. The van der Waals surface area contributed by atoms with Crippen molar-refractivity contribution in [1.82, 2.24) is 24.8 Å². The van der Waals surface area contributed by atoms with Crippen molar-refractivity contribution in [3.63, 3.8) is 0 Å². The summed E-state index contributed by atoms with van der Waals surface area (Å²) in [7, 11) is 0. The van der Waals surface area contributed by atoms with Gasteiger partial charge in [-0.15, -0.1) is 0 Å². The van der Waals surface area contributed by atoms with Crippen molar-refractivity contribution in [2.45, 2.75) is 38.8 Å². The number of hydrogen-bond donors (Lipinski definition) is 2. The van der Waals surface area contributed by atoms with Crippen molar-refractivity contribution < 1.29 is 9.18 Å². The quantitative estimate of drug-likeness (QED) is 0.607. The van der Waals surface area contributed by atoms with Gasteiger partial charge in [-0.1, -0.05) is 12.1 Å². The van der Waals surface area contributed by atoms with Gasteiger partial charge in [-0.05, 0) is 37.5 Å². The van der Waals surface area contributed by atoms with Crippen LogP contribution in [0.15, 0.2) is 47.7 Å². The Bertz CT molecular complexity index is 1100. The van der Waals surface area contributed by atoms with Crippen LogP contribution in [0.3, 0.4) is 0 Å². The van der Waals surface area contributed by atoms with Gasteiger partial charge in [0.15, 0.2) is 0 Å². The second kappa shape index (κ2) is 9.11. The molecule has 0 aliphatic carbocycles. The third kappa shape index (κ3) is 4.82. The van der Waals surface area contributed by atoms with Gasteiger partial charge in [-0.25, -0.2) is 14.4 Å². The fraction of sp³-hybridized carbons (Fsp3) is 0.364. The van der Waals surface area contributed by atoms with E-state index in [1.807, 2.05) is 6.92 Å². The number of anilines is 1. The van der Waals surface area contributed by atoms with Crippen molar-refractivity contribution >= 4 is 11.9 Å². The van der Waals surface area contributed by atoms with E-state index in [2.05, 4.69) is 25.2 Å². The number of H-pyrrole nitrogens is 1. The maximum absolute atomic E-state index is 13.5. The molecule has 1 saturated heterocycles. The molecule has 1 atom stereocenters. The smallest absolute Gasteiger partial charge is 0.270 e. The number of rotatable bonds is 7. The van der Waals surface area contributed by atoms with Gasteiger partial charge in [-0.3, -0.25) is 14.6 Å². The van der Waals surface area contributed by atoms with Gasteiger partial charge in [0.25, 0.3) is 11.5 Å². The van der Waals surface area contributed by atoms with Crippen LogP contribution in [0, 0.1) is 5.82 Å². The van der Waals surface area contributed by atoms with E-state index in [0.717, 1.165) is 31.5 Å². The summed E-state index contributed by atoms with van der Waals surface area (Å²) in [6.07, 6.45) is 5.53. The molecule has 1 fully saturated rings. The van der Waals surface area contributed by atoms with Gasteiger partial charge >= 0.3 is 0 Å². The first kappa shape index (κ1) is 20.8. The highest BCUT2D eigenvalue weighted by molar-refractivity contribution is 5.92. The normalized spacial score (nSPS) is 14.6. The summed E-state index contributed by atoms with van der Waals surface area (Å²) >= 11 is 0. The molecule has 9 heteroatoms. The van der Waals surface area contributed by atoms with Crippen molar-refractivity contribution in [1.29, 1.82) is 0 Å². The predicted molar refractivity (Wildman–Crippen MR) is 115 cm³/mol. The molecular weight excluding hydrogens is 399 g/mol. The fourth-order valence-electron chi connectivity index (χ4n) is 3.83. The predicted octanol–water partition coefficient (Wildman–Crippen LogP) is 2.44. The van der Waals surface area contributed by atoms with Crippen LogP contribution in [-0.2, 0) is 13.0 Å².